The van der Waals surface area contributed by atoms with Gasteiger partial charge in [0.2, 0.25) is 10.0 Å². The molecule has 3 aromatic rings. The number of aryl methyl sites for hydroxylation is 1. The molecule has 1 atom stereocenters. The third-order valence-corrected chi connectivity index (χ3v) is 7.92. The zero-order chi connectivity index (χ0) is 23.4. The number of nitrogens with zero attached hydrogens (tertiary/aromatic N) is 1. The van der Waals surface area contributed by atoms with Gasteiger partial charge in [-0.15, -0.1) is 0 Å². The number of hydrogen-bond donors (Lipinski definition) is 1. The predicted octanol–water partition coefficient (Wildman–Crippen LogP) is 4.19. The Labute approximate surface area is 199 Å². The molecule has 1 saturated heterocycles. The van der Waals surface area contributed by atoms with Crippen molar-refractivity contribution in [2.75, 3.05) is 26.3 Å². The van der Waals surface area contributed by atoms with E-state index in [4.69, 9.17) is 16.3 Å². The normalized spacial score (nSPS) is 15.7. The van der Waals surface area contributed by atoms with E-state index in [1.165, 1.54) is 22.5 Å². The van der Waals surface area contributed by atoms with E-state index in [0.29, 0.717) is 13.2 Å². The van der Waals surface area contributed by atoms with Crippen LogP contribution in [0.15, 0.2) is 77.7 Å². The van der Waals surface area contributed by atoms with Gasteiger partial charge in [-0.25, -0.2) is 8.42 Å². The van der Waals surface area contributed by atoms with E-state index in [-0.39, 0.29) is 28.6 Å². The van der Waals surface area contributed by atoms with E-state index in [2.05, 4.69) is 5.32 Å². The Bertz CT molecular complexity index is 1240. The minimum atomic E-state index is -3.76. The maximum Gasteiger partial charge on any atom is 0.253 e. The van der Waals surface area contributed by atoms with E-state index in [0.717, 1.165) is 16.7 Å². The van der Waals surface area contributed by atoms with Crippen LogP contribution in [0.25, 0.3) is 0 Å². The average Bonchev–Trinajstić information content (AvgIpc) is 2.84. The van der Waals surface area contributed by atoms with Gasteiger partial charge >= 0.3 is 0 Å². The van der Waals surface area contributed by atoms with Crippen molar-refractivity contribution in [1.29, 1.82) is 0 Å². The second-order valence-electron chi connectivity index (χ2n) is 7.83. The Morgan fingerprint density at radius 2 is 1.67 bits per heavy atom. The highest BCUT2D eigenvalue weighted by Gasteiger charge is 2.28. The molecule has 8 heteroatoms. The van der Waals surface area contributed by atoms with Gasteiger partial charge < -0.3 is 10.1 Å². The molecule has 1 fully saturated rings. The first kappa shape index (κ1) is 23.4. The molecule has 0 aliphatic carbocycles. The van der Waals surface area contributed by atoms with E-state index in [1.807, 2.05) is 61.5 Å². The number of benzene rings is 3. The van der Waals surface area contributed by atoms with Gasteiger partial charge in [0, 0.05) is 13.1 Å². The van der Waals surface area contributed by atoms with Crippen LogP contribution in [0, 0.1) is 6.92 Å². The lowest BCUT2D eigenvalue weighted by Crippen LogP contribution is -2.40. The molecule has 0 saturated carbocycles. The Morgan fingerprint density at radius 1 is 1.00 bits per heavy atom. The molecule has 1 heterocycles. The van der Waals surface area contributed by atoms with Crippen LogP contribution in [0.2, 0.25) is 5.02 Å². The first-order valence-corrected chi connectivity index (χ1v) is 12.5. The fourth-order valence-corrected chi connectivity index (χ4v) is 5.52. The smallest absolute Gasteiger partial charge is 0.253 e. The molecule has 6 nitrogen and oxygen atoms in total. The summed E-state index contributed by atoms with van der Waals surface area (Å²) in [5.41, 5.74) is 3.00. The summed E-state index contributed by atoms with van der Waals surface area (Å²) < 4.78 is 32.8. The van der Waals surface area contributed by atoms with Crippen molar-refractivity contribution in [3.05, 3.63) is 100 Å². The lowest BCUT2D eigenvalue weighted by Gasteiger charge is -2.26. The zero-order valence-corrected chi connectivity index (χ0v) is 19.8. The maximum atomic E-state index is 13.4. The van der Waals surface area contributed by atoms with Gasteiger partial charge in [0.05, 0.1) is 34.7 Å². The number of amides is 1. The van der Waals surface area contributed by atoms with E-state index in [1.54, 1.807) is 0 Å². The fraction of sp³-hybridized carbons (Fsp3) is 0.240. The Morgan fingerprint density at radius 3 is 2.36 bits per heavy atom. The van der Waals surface area contributed by atoms with Crippen LogP contribution in [-0.2, 0) is 14.8 Å². The molecule has 0 unspecified atom stereocenters. The number of rotatable bonds is 6. The quantitative estimate of drug-likeness (QED) is 0.569. The van der Waals surface area contributed by atoms with Gasteiger partial charge in [0.1, 0.15) is 0 Å². The van der Waals surface area contributed by atoms with E-state index >= 15 is 0 Å². The van der Waals surface area contributed by atoms with Crippen molar-refractivity contribution in [2.24, 2.45) is 0 Å². The SMILES string of the molecule is Cc1ccccc1[C@H](NC(=O)c1cc(S(=O)(=O)N2CCOCC2)ccc1Cl)c1ccccc1. The molecule has 1 N–H and O–H groups in total. The van der Waals surface area contributed by atoms with Crippen LogP contribution in [-0.4, -0.2) is 44.9 Å². The Balaban J connectivity index is 1.68. The van der Waals surface area contributed by atoms with E-state index in [9.17, 15) is 13.2 Å². The number of nitrogens with one attached hydrogen (secondary N) is 1. The van der Waals surface area contributed by atoms with Gasteiger partial charge in [-0.3, -0.25) is 4.79 Å². The summed E-state index contributed by atoms with van der Waals surface area (Å²) >= 11 is 6.34. The Kier molecular flexibility index (Phi) is 7.14. The van der Waals surface area contributed by atoms with Crippen molar-refractivity contribution >= 4 is 27.5 Å². The molecule has 0 radical (unpaired) electrons. The van der Waals surface area contributed by atoms with Gasteiger partial charge in [-0.1, -0.05) is 66.2 Å². The molecule has 4 rings (SSSR count). The molecule has 0 aromatic heterocycles. The van der Waals surface area contributed by atoms with Crippen LogP contribution in [0.3, 0.4) is 0 Å². The second-order valence-corrected chi connectivity index (χ2v) is 10.2. The number of ether oxygens (including phenoxy) is 1. The average molecular weight is 485 g/mol. The van der Waals surface area contributed by atoms with Crippen molar-refractivity contribution in [3.63, 3.8) is 0 Å². The van der Waals surface area contributed by atoms with Gasteiger partial charge in [0.25, 0.3) is 5.91 Å². The highest BCUT2D eigenvalue weighted by atomic mass is 35.5. The fourth-order valence-electron chi connectivity index (χ4n) is 3.88. The molecule has 0 bridgehead atoms. The standard InChI is InChI=1S/C25H25ClN2O4S/c1-18-7-5-6-10-21(18)24(19-8-3-2-4-9-19)27-25(29)22-17-20(11-12-23(22)26)33(30,31)28-13-15-32-16-14-28/h2-12,17,24H,13-16H2,1H3,(H,27,29)/t24-/m1/s1. The van der Waals surface area contributed by atoms with Crippen LogP contribution in [0.1, 0.15) is 33.1 Å². The van der Waals surface area contributed by atoms with Crippen LogP contribution >= 0.6 is 11.6 Å². The summed E-state index contributed by atoms with van der Waals surface area (Å²) in [4.78, 5) is 13.4. The monoisotopic (exact) mass is 484 g/mol. The molecule has 0 spiro atoms. The zero-order valence-electron chi connectivity index (χ0n) is 18.2. The highest BCUT2D eigenvalue weighted by molar-refractivity contribution is 7.89. The number of morpholine rings is 1. The second kappa shape index (κ2) is 10.1. The van der Waals surface area contributed by atoms with Crippen LogP contribution in [0.4, 0.5) is 0 Å². The minimum absolute atomic E-state index is 0.0334. The molecule has 3 aromatic carbocycles. The molecule has 172 valence electrons. The number of sulfonamides is 1. The summed E-state index contributed by atoms with van der Waals surface area (Å²) in [7, 11) is -3.76. The summed E-state index contributed by atoms with van der Waals surface area (Å²) in [5.74, 6) is -0.448. The van der Waals surface area contributed by atoms with Crippen molar-refractivity contribution in [3.8, 4) is 0 Å². The molecular weight excluding hydrogens is 460 g/mol. The van der Waals surface area contributed by atoms with Gasteiger partial charge in [0.15, 0.2) is 0 Å². The first-order valence-electron chi connectivity index (χ1n) is 10.7. The van der Waals surface area contributed by atoms with Crippen molar-refractivity contribution in [2.45, 2.75) is 17.9 Å². The largest absolute Gasteiger partial charge is 0.379 e. The number of halogens is 1. The minimum Gasteiger partial charge on any atom is -0.379 e. The summed E-state index contributed by atoms with van der Waals surface area (Å²) in [6.45, 7) is 3.22. The first-order chi connectivity index (χ1) is 15.9. The summed E-state index contributed by atoms with van der Waals surface area (Å²) in [5, 5.41) is 3.24. The molecule has 1 aliphatic heterocycles. The highest BCUT2D eigenvalue weighted by Crippen LogP contribution is 2.28. The van der Waals surface area contributed by atoms with Crippen LogP contribution < -0.4 is 5.32 Å². The van der Waals surface area contributed by atoms with Gasteiger partial charge in [-0.05, 0) is 41.8 Å². The molecule has 1 aliphatic rings. The summed E-state index contributed by atoms with van der Waals surface area (Å²) in [6.07, 6.45) is 0. The number of hydrogen-bond acceptors (Lipinski definition) is 4. The molecule has 1 amide bonds. The van der Waals surface area contributed by atoms with Gasteiger partial charge in [-0.2, -0.15) is 4.31 Å². The molecule has 33 heavy (non-hydrogen) atoms. The lowest BCUT2D eigenvalue weighted by molar-refractivity contribution is 0.0730. The topological polar surface area (TPSA) is 75.7 Å². The van der Waals surface area contributed by atoms with E-state index < -0.39 is 22.0 Å². The predicted molar refractivity (Wildman–Crippen MR) is 128 cm³/mol. The van der Waals surface area contributed by atoms with Crippen molar-refractivity contribution < 1.29 is 17.9 Å². The Hall–Kier alpha value is -2.71. The maximum absolute atomic E-state index is 13.4. The number of carbonyl (C=O) groups is 1. The van der Waals surface area contributed by atoms with Crippen molar-refractivity contribution in [1.82, 2.24) is 9.62 Å². The third kappa shape index (κ3) is 5.12. The molecular formula is C25H25ClN2O4S. The van der Waals surface area contributed by atoms with Crippen LogP contribution in [0.5, 0.6) is 0 Å². The number of carbonyl (C=O) groups excluding carboxylic acids is 1. The lowest BCUT2D eigenvalue weighted by atomic mass is 9.94. The third-order valence-electron chi connectivity index (χ3n) is 5.70. The summed E-state index contributed by atoms with van der Waals surface area (Å²) in [6, 6.07) is 21.3.